The maximum Gasteiger partial charge on any atom is 0.326 e. The van der Waals surface area contributed by atoms with Gasteiger partial charge in [0.2, 0.25) is 41.4 Å². The molecule has 27 heteroatoms. The van der Waals surface area contributed by atoms with Gasteiger partial charge < -0.3 is 52.8 Å². The zero-order valence-electron chi connectivity index (χ0n) is 56.8. The van der Waals surface area contributed by atoms with Crippen molar-refractivity contribution in [3.8, 4) is 5.75 Å². The number of nitrogens with zero attached hydrogens (tertiary/aromatic N) is 5. The van der Waals surface area contributed by atoms with Crippen LogP contribution in [0, 0.1) is 49.9 Å². The van der Waals surface area contributed by atoms with Crippen molar-refractivity contribution < 1.29 is 56.6 Å². The fraction of sp³-hybridized carbons (Fsp3) is 0.627. The van der Waals surface area contributed by atoms with E-state index >= 15 is 9.59 Å². The van der Waals surface area contributed by atoms with Crippen molar-refractivity contribution in [2.75, 3.05) is 19.6 Å². The Morgan fingerprint density at radius 3 is 2.30 bits per heavy atom. The highest BCUT2D eigenvalue weighted by molar-refractivity contribution is 7.90. The number of aromatic nitrogens is 2. The number of aliphatic carboxylic acids is 1. The van der Waals surface area contributed by atoms with Crippen LogP contribution in [0.5, 0.6) is 5.75 Å². The van der Waals surface area contributed by atoms with E-state index in [1.54, 1.807) is 45.4 Å². The van der Waals surface area contributed by atoms with Gasteiger partial charge in [-0.15, -0.1) is 0 Å². The van der Waals surface area contributed by atoms with Crippen LogP contribution in [-0.4, -0.2) is 155 Å². The first-order valence-corrected chi connectivity index (χ1v) is 34.4. The summed E-state index contributed by atoms with van der Waals surface area (Å²) in [6.45, 7) is 26.1. The zero-order valence-corrected chi connectivity index (χ0v) is 57.6. The maximum atomic E-state index is 15.1. The Hall–Kier alpha value is -7.78. The van der Waals surface area contributed by atoms with Gasteiger partial charge in [-0.2, -0.15) is 0 Å². The van der Waals surface area contributed by atoms with E-state index in [1.807, 2.05) is 80.5 Å². The minimum absolute atomic E-state index is 0.00818. The molecule has 94 heavy (non-hydrogen) atoms. The number of carbonyl (C=O) groups excluding carboxylic acids is 7. The molecular formula is C67H98N14O12S. The van der Waals surface area contributed by atoms with Gasteiger partial charge in [0.25, 0.3) is 10.0 Å². The van der Waals surface area contributed by atoms with Gasteiger partial charge in [0, 0.05) is 67.9 Å². The Labute approximate surface area is 551 Å². The van der Waals surface area contributed by atoms with Crippen molar-refractivity contribution in [3.05, 3.63) is 69.8 Å². The second kappa shape index (κ2) is 29.1. The predicted octanol–water partition coefficient (Wildman–Crippen LogP) is 4.06. The van der Waals surface area contributed by atoms with Crippen LogP contribution >= 0.6 is 0 Å². The van der Waals surface area contributed by atoms with Crippen molar-refractivity contribution in [1.82, 2.24) is 51.1 Å². The molecule has 6 amide bonds. The predicted molar refractivity (Wildman–Crippen MR) is 354 cm³/mol. The molecule has 7 heterocycles. The summed E-state index contributed by atoms with van der Waals surface area (Å²) in [5.74, 6) is -6.53. The van der Waals surface area contributed by atoms with Crippen LogP contribution in [0.15, 0.2) is 45.6 Å². The number of ketones is 1. The number of imidazole rings is 1. The van der Waals surface area contributed by atoms with Gasteiger partial charge >= 0.3 is 5.97 Å². The van der Waals surface area contributed by atoms with Crippen LogP contribution in [0.4, 0.5) is 5.69 Å². The number of benzene rings is 2. The molecule has 0 spiro atoms. The highest BCUT2D eigenvalue weighted by Crippen LogP contribution is 2.45. The van der Waals surface area contributed by atoms with Gasteiger partial charge in [0.1, 0.15) is 47.7 Å². The molecule has 3 aromatic rings. The smallest absolute Gasteiger partial charge is 0.326 e. The number of nitrogens with two attached hydrogens (primary N) is 2. The minimum Gasteiger partial charge on any atom is -0.487 e. The number of fused-ring (bicyclic) bond motifs is 13. The monoisotopic (exact) mass is 1320 g/mol. The summed E-state index contributed by atoms with van der Waals surface area (Å²) in [6.07, 6.45) is 4.75. The Kier molecular flexibility index (Phi) is 22.3. The molecule has 0 aliphatic carbocycles. The summed E-state index contributed by atoms with van der Waals surface area (Å²) < 4.78 is 37.9. The van der Waals surface area contributed by atoms with Gasteiger partial charge in [-0.1, -0.05) is 74.4 Å². The average Bonchev–Trinajstić information content (AvgIpc) is 1.54. The third-order valence-electron chi connectivity index (χ3n) is 18.7. The number of carbonyl (C=O) groups is 8. The number of carboxylic acids is 1. The molecule has 12 N–H and O–H groups in total. The molecule has 6 aliphatic heterocycles. The fourth-order valence-corrected chi connectivity index (χ4v) is 15.2. The largest absolute Gasteiger partial charge is 0.487 e. The van der Waals surface area contributed by atoms with Gasteiger partial charge in [0.15, 0.2) is 5.78 Å². The van der Waals surface area contributed by atoms with E-state index in [2.05, 4.69) is 41.6 Å². The normalized spacial score (nSPS) is 24.1. The molecule has 26 nitrogen and oxygen atoms in total. The molecule has 2 saturated heterocycles. The number of rotatable bonds is 19. The van der Waals surface area contributed by atoms with Crippen molar-refractivity contribution in [2.24, 2.45) is 50.5 Å². The number of likely N-dealkylation sites (tertiary alicyclic amines) is 1. The molecule has 6 aliphatic rings. The third kappa shape index (κ3) is 16.5. The number of hydrogen-bond acceptors (Lipinski definition) is 16. The number of nitrogens with one attached hydrogen (secondary N) is 7. The van der Waals surface area contributed by atoms with Crippen LogP contribution in [0.25, 0.3) is 0 Å². The van der Waals surface area contributed by atoms with E-state index in [0.717, 1.165) is 11.1 Å². The summed E-state index contributed by atoms with van der Waals surface area (Å²) >= 11 is 0. The van der Waals surface area contributed by atoms with Crippen molar-refractivity contribution in [3.63, 3.8) is 0 Å². The van der Waals surface area contributed by atoms with E-state index in [1.165, 1.54) is 11.2 Å². The van der Waals surface area contributed by atoms with Gasteiger partial charge in [-0.25, -0.2) is 27.9 Å². The number of hydrogen-bond donors (Lipinski definition) is 10. The lowest BCUT2D eigenvalue weighted by atomic mass is 9.80. The number of ether oxygens (including phenoxy) is 1. The summed E-state index contributed by atoms with van der Waals surface area (Å²) in [7, 11) is -4.16. The third-order valence-corrected chi connectivity index (χ3v) is 20.3. The summed E-state index contributed by atoms with van der Waals surface area (Å²) in [5, 5.41) is 28.4. The molecule has 514 valence electrons. The summed E-state index contributed by atoms with van der Waals surface area (Å²) in [6, 6.07) is -0.874. The first kappa shape index (κ1) is 72.1. The molecule has 10 atom stereocenters. The van der Waals surface area contributed by atoms with Crippen molar-refractivity contribution >= 4 is 74.7 Å². The van der Waals surface area contributed by atoms with Crippen LogP contribution in [0.3, 0.4) is 0 Å². The molecule has 0 radical (unpaired) electrons. The van der Waals surface area contributed by atoms with Crippen LogP contribution in [0.1, 0.15) is 178 Å². The number of aliphatic imine (C=N–C) groups is 2. The lowest BCUT2D eigenvalue weighted by Gasteiger charge is -2.33. The lowest BCUT2D eigenvalue weighted by molar-refractivity contribution is -0.150. The highest BCUT2D eigenvalue weighted by atomic mass is 32.2. The topological polar surface area (TPSA) is 382 Å². The molecular weight excluding hydrogens is 1220 g/mol. The van der Waals surface area contributed by atoms with Crippen LogP contribution in [0.2, 0.25) is 0 Å². The molecule has 4 bridgehead atoms. The number of sulfonamides is 1. The van der Waals surface area contributed by atoms with E-state index in [4.69, 9.17) is 26.2 Å². The minimum atomic E-state index is -4.16. The van der Waals surface area contributed by atoms with E-state index < -0.39 is 117 Å². The molecule has 2 aromatic carbocycles. The Bertz CT molecular complexity index is 3610. The van der Waals surface area contributed by atoms with E-state index in [0.29, 0.717) is 58.1 Å². The second-order valence-electron chi connectivity index (χ2n) is 28.9. The van der Waals surface area contributed by atoms with Gasteiger partial charge in [0.05, 0.1) is 40.4 Å². The van der Waals surface area contributed by atoms with Gasteiger partial charge in [-0.05, 0) is 131 Å². The lowest BCUT2D eigenvalue weighted by Crippen LogP contribution is -2.60. The van der Waals surface area contributed by atoms with Crippen molar-refractivity contribution in [1.29, 1.82) is 0 Å². The SMILES string of the molecule is Cc1c(C)c(S(=O)(=O)NC(N)=NCCC[C@H](N)C(=O)N[C@@H](Cc2cn(C3=Nc4cc5ccc4C3CC(C(=O)N3CCC[C@H]3C(=O)O)CN[C@H](C(C)C)NC(=O)[C@H](CC(C)C)NC(=O)[C@@H](NC(=O)[C@@H]3CCC(=O)N3)[C@@H]5C(C)C)cn2)C(=O)C(C)(C)C)c(C)c2c1OC(C)(C)C2. The first-order valence-electron chi connectivity index (χ1n) is 32.9. The number of carboxylic acid groups (broad SMARTS) is 1. The van der Waals surface area contributed by atoms with Crippen molar-refractivity contribution in [2.45, 2.75) is 226 Å². The van der Waals surface area contributed by atoms with Crippen LogP contribution in [-0.2, 0) is 61.2 Å². The molecule has 9 rings (SSSR count). The number of guanidine groups is 1. The Balaban J connectivity index is 1.09. The van der Waals surface area contributed by atoms with Crippen LogP contribution < -0.4 is 52.8 Å². The zero-order chi connectivity index (χ0) is 69.2. The summed E-state index contributed by atoms with van der Waals surface area (Å²) in [4.78, 5) is 128. The first-order chi connectivity index (χ1) is 44.0. The second-order valence-corrected chi connectivity index (χ2v) is 30.5. The van der Waals surface area contributed by atoms with Gasteiger partial charge in [-0.3, -0.25) is 48.4 Å². The van der Waals surface area contributed by atoms with E-state index in [-0.39, 0.29) is 111 Å². The summed E-state index contributed by atoms with van der Waals surface area (Å²) in [5.41, 5.74) is 16.0. The number of amides is 6. The standard InChI is InChI=1S/C67H98N14O12S/c1-33(2)25-49-61(86)78-57(35(5)6)71-30-40(63(88)81-24-16-18-50(81)64(89)90)26-43-42-20-19-39(52(34(3)4)53(62(87)76-49)77-60(85)46-21-22-51(82)73-46)27-47(42)74-58(43)80-31-41(72-32-80)28-48(56(83)66(10,11)12)75-59(84)45(68)17-15-23-70-65(69)79-94(91,92)55-37(8)36(7)54-44(38(55)9)29-67(13,14)93-54/h19-20,27,31-35,40,43,45-46,48-50,52-53,57,71H,15-18,21-26,28-30,68H2,1-14H3,(H,73,82)(H,75,84)(H,76,87)(H,77,85)(H,78,86)(H,89,90)(H3,69,70,79)/t40?,43?,45-,46-,48-,49-,50-,52+,53-,57-/m0/s1. The Morgan fingerprint density at radius 1 is 0.947 bits per heavy atom. The van der Waals surface area contributed by atoms with E-state index in [9.17, 15) is 42.3 Å². The molecule has 2 unspecified atom stereocenters. The quantitative estimate of drug-likeness (QED) is 0.0460. The molecule has 2 fully saturated rings. The molecule has 1 aromatic heterocycles. The fourth-order valence-electron chi connectivity index (χ4n) is 13.7. The maximum absolute atomic E-state index is 15.1. The average molecular weight is 1320 g/mol. The molecule has 0 saturated carbocycles. The highest BCUT2D eigenvalue weighted by Gasteiger charge is 2.44. The Morgan fingerprint density at radius 2 is 1.66 bits per heavy atom. The number of Topliss-reactive ketones (excluding diaryl/α,β-unsaturated/α-hetero) is 1.